The fourth-order valence-corrected chi connectivity index (χ4v) is 5.32. The number of carbonyl (C=O) groups excluding carboxylic acids is 2. The van der Waals surface area contributed by atoms with Crippen molar-refractivity contribution in [1.29, 1.82) is 0 Å². The third-order valence-corrected chi connectivity index (χ3v) is 7.41. The molecular formula is C32H40N2O4. The molecule has 0 aromatic heterocycles. The van der Waals surface area contributed by atoms with Gasteiger partial charge in [0, 0.05) is 26.3 Å². The van der Waals surface area contributed by atoms with Gasteiger partial charge in [-0.3, -0.25) is 9.59 Å². The van der Waals surface area contributed by atoms with Gasteiger partial charge in [0.05, 0.1) is 22.5 Å². The van der Waals surface area contributed by atoms with Crippen LogP contribution in [0.5, 0.6) is 0 Å². The van der Waals surface area contributed by atoms with E-state index in [0.29, 0.717) is 35.6 Å². The predicted octanol–water partition coefficient (Wildman–Crippen LogP) is 5.22. The SMILES string of the molecule is Cc1ccc(C2=C3C(=O)N(CCCCCCO)C(c4ccc(C)cc4)=C3C(=O)N2CCCCCCO)cc1. The Morgan fingerprint density at radius 3 is 1.21 bits per heavy atom. The van der Waals surface area contributed by atoms with Crippen molar-refractivity contribution in [2.24, 2.45) is 0 Å². The van der Waals surface area contributed by atoms with E-state index in [1.165, 1.54) is 0 Å². The Morgan fingerprint density at radius 2 is 0.868 bits per heavy atom. The standard InChI is InChI=1S/C32H40N2O4/c1-23-11-15-25(16-12-23)29-27-28(32(38)33(29)19-7-3-5-9-21-35)30(26-17-13-24(2)14-18-26)34(31(27)37)20-8-4-6-10-22-36/h11-18,35-36H,3-10,19-22H2,1-2H3. The molecule has 0 unspecified atom stereocenters. The molecule has 0 spiro atoms. The maximum Gasteiger partial charge on any atom is 0.261 e. The van der Waals surface area contributed by atoms with Crippen molar-refractivity contribution in [3.63, 3.8) is 0 Å². The molecule has 202 valence electrons. The summed E-state index contributed by atoms with van der Waals surface area (Å²) in [6, 6.07) is 16.1. The van der Waals surface area contributed by atoms with Crippen LogP contribution >= 0.6 is 0 Å². The first-order chi connectivity index (χ1) is 18.5. The lowest BCUT2D eigenvalue weighted by molar-refractivity contribution is -0.124. The van der Waals surface area contributed by atoms with Crippen molar-refractivity contribution in [1.82, 2.24) is 9.80 Å². The van der Waals surface area contributed by atoms with Crippen LogP contribution in [0.1, 0.15) is 73.6 Å². The van der Waals surface area contributed by atoms with Crippen LogP contribution in [-0.4, -0.2) is 58.1 Å². The molecule has 2 aromatic rings. The average Bonchev–Trinajstić information content (AvgIpc) is 3.36. The molecule has 0 bridgehead atoms. The van der Waals surface area contributed by atoms with Crippen molar-refractivity contribution < 1.29 is 19.8 Å². The molecule has 0 atom stereocenters. The number of hydrogen-bond acceptors (Lipinski definition) is 4. The zero-order valence-corrected chi connectivity index (χ0v) is 22.7. The zero-order valence-electron chi connectivity index (χ0n) is 22.7. The Bertz CT molecular complexity index is 1100. The molecule has 2 amide bonds. The molecule has 6 heteroatoms. The number of hydrogen-bond donors (Lipinski definition) is 2. The molecule has 0 saturated heterocycles. The Labute approximate surface area is 226 Å². The Hall–Kier alpha value is -3.22. The highest BCUT2D eigenvalue weighted by Gasteiger charge is 2.48. The van der Waals surface area contributed by atoms with Crippen LogP contribution in [-0.2, 0) is 9.59 Å². The first-order valence-electron chi connectivity index (χ1n) is 14.0. The minimum Gasteiger partial charge on any atom is -0.396 e. The van der Waals surface area contributed by atoms with Crippen molar-refractivity contribution >= 4 is 23.2 Å². The summed E-state index contributed by atoms with van der Waals surface area (Å²) >= 11 is 0. The number of aliphatic hydroxyl groups is 2. The van der Waals surface area contributed by atoms with Crippen molar-refractivity contribution in [3.05, 3.63) is 81.9 Å². The number of amides is 2. The molecule has 2 N–H and O–H groups in total. The van der Waals surface area contributed by atoms with Gasteiger partial charge in [0.2, 0.25) is 0 Å². The summed E-state index contributed by atoms with van der Waals surface area (Å²) in [6.45, 7) is 5.49. The lowest BCUT2D eigenvalue weighted by Crippen LogP contribution is -2.31. The number of unbranched alkanes of at least 4 members (excludes halogenated alkanes) is 6. The molecule has 2 aliphatic heterocycles. The van der Waals surface area contributed by atoms with E-state index in [9.17, 15) is 9.59 Å². The third kappa shape index (κ3) is 5.92. The number of benzene rings is 2. The van der Waals surface area contributed by atoms with Gasteiger partial charge in [0.25, 0.3) is 11.8 Å². The first kappa shape index (κ1) is 27.8. The minimum absolute atomic E-state index is 0.107. The van der Waals surface area contributed by atoms with Crippen molar-refractivity contribution in [3.8, 4) is 0 Å². The van der Waals surface area contributed by atoms with Crippen LogP contribution in [0.15, 0.2) is 59.7 Å². The number of fused-ring (bicyclic) bond motifs is 1. The Balaban J connectivity index is 1.77. The smallest absolute Gasteiger partial charge is 0.261 e. The third-order valence-electron chi connectivity index (χ3n) is 7.41. The van der Waals surface area contributed by atoms with Gasteiger partial charge in [-0.05, 0) is 50.7 Å². The fraction of sp³-hybridized carbons (Fsp3) is 0.438. The molecule has 0 saturated carbocycles. The van der Waals surface area contributed by atoms with Crippen LogP contribution in [0.2, 0.25) is 0 Å². The lowest BCUT2D eigenvalue weighted by Gasteiger charge is -2.25. The van der Waals surface area contributed by atoms with E-state index >= 15 is 0 Å². The van der Waals surface area contributed by atoms with E-state index in [-0.39, 0.29) is 25.0 Å². The highest BCUT2D eigenvalue weighted by molar-refractivity contribution is 6.30. The fourth-order valence-electron chi connectivity index (χ4n) is 5.32. The molecule has 38 heavy (non-hydrogen) atoms. The molecule has 6 nitrogen and oxygen atoms in total. The normalized spacial score (nSPS) is 15.4. The van der Waals surface area contributed by atoms with E-state index in [1.54, 1.807) is 9.80 Å². The first-order valence-corrected chi connectivity index (χ1v) is 14.0. The Morgan fingerprint density at radius 1 is 0.526 bits per heavy atom. The minimum atomic E-state index is -0.107. The second-order valence-electron chi connectivity index (χ2n) is 10.4. The van der Waals surface area contributed by atoms with E-state index in [1.807, 2.05) is 62.4 Å². The average molecular weight is 517 g/mol. The summed E-state index contributed by atoms with van der Waals surface area (Å²) in [6.07, 6.45) is 6.79. The molecule has 2 heterocycles. The van der Waals surface area contributed by atoms with Crippen LogP contribution < -0.4 is 0 Å². The number of aryl methyl sites for hydroxylation is 2. The van der Waals surface area contributed by atoms with Gasteiger partial charge in [-0.1, -0.05) is 85.3 Å². The van der Waals surface area contributed by atoms with Gasteiger partial charge < -0.3 is 20.0 Å². The van der Waals surface area contributed by atoms with Gasteiger partial charge in [-0.15, -0.1) is 0 Å². The molecule has 0 radical (unpaired) electrons. The monoisotopic (exact) mass is 516 g/mol. The number of aliphatic hydroxyl groups excluding tert-OH is 2. The van der Waals surface area contributed by atoms with Crippen LogP contribution in [0.25, 0.3) is 11.4 Å². The predicted molar refractivity (Wildman–Crippen MR) is 151 cm³/mol. The quantitative estimate of drug-likeness (QED) is 0.338. The molecule has 2 aromatic carbocycles. The summed E-state index contributed by atoms with van der Waals surface area (Å²) in [5, 5.41) is 18.2. The molecular weight excluding hydrogens is 476 g/mol. The second-order valence-corrected chi connectivity index (χ2v) is 10.4. The second kappa shape index (κ2) is 13.0. The van der Waals surface area contributed by atoms with Gasteiger partial charge in [-0.25, -0.2) is 0 Å². The molecule has 2 aliphatic rings. The summed E-state index contributed by atoms with van der Waals surface area (Å²) in [7, 11) is 0. The van der Waals surface area contributed by atoms with Crippen LogP contribution in [0, 0.1) is 13.8 Å². The topological polar surface area (TPSA) is 81.1 Å². The van der Waals surface area contributed by atoms with E-state index < -0.39 is 0 Å². The molecule has 0 fully saturated rings. The maximum atomic E-state index is 14.1. The van der Waals surface area contributed by atoms with Crippen LogP contribution in [0.4, 0.5) is 0 Å². The zero-order chi connectivity index (χ0) is 27.1. The summed E-state index contributed by atoms with van der Waals surface area (Å²) in [4.78, 5) is 31.8. The van der Waals surface area contributed by atoms with Gasteiger partial charge in [0.1, 0.15) is 0 Å². The maximum absolute atomic E-state index is 14.1. The Kier molecular flexibility index (Phi) is 9.53. The van der Waals surface area contributed by atoms with Gasteiger partial charge >= 0.3 is 0 Å². The van der Waals surface area contributed by atoms with Crippen LogP contribution in [0.3, 0.4) is 0 Å². The number of carbonyl (C=O) groups is 2. The summed E-state index contributed by atoms with van der Waals surface area (Å²) in [5.41, 5.74) is 6.46. The number of nitrogens with zero attached hydrogens (tertiary/aromatic N) is 2. The van der Waals surface area contributed by atoms with Gasteiger partial charge in [0.15, 0.2) is 0 Å². The van der Waals surface area contributed by atoms with E-state index in [2.05, 4.69) is 0 Å². The van der Waals surface area contributed by atoms with E-state index in [4.69, 9.17) is 10.2 Å². The summed E-state index contributed by atoms with van der Waals surface area (Å²) in [5.74, 6) is -0.214. The molecule has 0 aliphatic carbocycles. The highest BCUT2D eigenvalue weighted by Crippen LogP contribution is 2.46. The lowest BCUT2D eigenvalue weighted by atomic mass is 10.0. The van der Waals surface area contributed by atoms with Crippen molar-refractivity contribution in [2.75, 3.05) is 26.3 Å². The van der Waals surface area contributed by atoms with E-state index in [0.717, 1.165) is 73.6 Å². The number of rotatable bonds is 14. The summed E-state index contributed by atoms with van der Waals surface area (Å²) < 4.78 is 0. The van der Waals surface area contributed by atoms with Crippen molar-refractivity contribution in [2.45, 2.75) is 65.2 Å². The largest absolute Gasteiger partial charge is 0.396 e. The highest BCUT2D eigenvalue weighted by atomic mass is 16.3. The van der Waals surface area contributed by atoms with Gasteiger partial charge in [-0.2, -0.15) is 0 Å². The molecule has 4 rings (SSSR count).